The van der Waals surface area contributed by atoms with Crippen molar-refractivity contribution in [2.75, 3.05) is 14.1 Å². The lowest BCUT2D eigenvalue weighted by Crippen LogP contribution is -2.31. The quantitative estimate of drug-likeness (QED) is 0.106. The SMILES string of the molecule is CNC(=S)NN=C(C)C(C)=NNC(=S)N/N=C/c1ccc(/C=N/NC(=S)NN=C(C)C(C)=NNC(=S)NC)cc1. The van der Waals surface area contributed by atoms with Crippen LogP contribution in [0.4, 0.5) is 0 Å². The summed E-state index contributed by atoms with van der Waals surface area (Å²) in [6.07, 6.45) is 3.23. The lowest BCUT2D eigenvalue weighted by Gasteiger charge is -2.05. The summed E-state index contributed by atoms with van der Waals surface area (Å²) in [5, 5.41) is 31.5. The molecule has 0 fully saturated rings. The molecule has 214 valence electrons. The fraction of sp³-hybridized carbons (Fsp3) is 0.273. The van der Waals surface area contributed by atoms with E-state index in [1.165, 1.54) is 0 Å². The molecule has 0 aliphatic rings. The van der Waals surface area contributed by atoms with Crippen LogP contribution in [0.5, 0.6) is 0 Å². The number of hydrogen-bond acceptors (Lipinski definition) is 10. The molecule has 1 rings (SSSR count). The average molecular weight is 621 g/mol. The van der Waals surface area contributed by atoms with E-state index < -0.39 is 0 Å². The van der Waals surface area contributed by atoms with Gasteiger partial charge in [0.05, 0.1) is 35.3 Å². The number of benzene rings is 1. The summed E-state index contributed by atoms with van der Waals surface area (Å²) in [5.74, 6) is 0. The van der Waals surface area contributed by atoms with Crippen LogP contribution in [-0.4, -0.2) is 69.8 Å². The van der Waals surface area contributed by atoms with Crippen LogP contribution in [0.15, 0.2) is 54.9 Å². The van der Waals surface area contributed by atoms with Crippen LogP contribution < -0.4 is 43.2 Å². The molecule has 8 N–H and O–H groups in total. The highest BCUT2D eigenvalue weighted by atomic mass is 32.1. The van der Waals surface area contributed by atoms with Crippen molar-refractivity contribution >= 4 is 105 Å². The molecule has 0 aliphatic heterocycles. The Morgan fingerprint density at radius 2 is 0.775 bits per heavy atom. The summed E-state index contributed by atoms with van der Waals surface area (Å²) in [6, 6.07) is 7.48. The molecule has 0 amide bonds. The predicted octanol–water partition coefficient (Wildman–Crippen LogP) is 0.974. The molecule has 14 nitrogen and oxygen atoms in total. The third kappa shape index (κ3) is 14.8. The highest BCUT2D eigenvalue weighted by molar-refractivity contribution is 7.80. The minimum Gasteiger partial charge on any atom is -0.364 e. The van der Waals surface area contributed by atoms with E-state index in [1.54, 1.807) is 54.2 Å². The van der Waals surface area contributed by atoms with Crippen molar-refractivity contribution in [3.05, 3.63) is 35.4 Å². The first-order valence-electron chi connectivity index (χ1n) is 11.5. The zero-order valence-corrected chi connectivity index (χ0v) is 26.0. The first-order valence-corrected chi connectivity index (χ1v) is 13.1. The Balaban J connectivity index is 2.49. The molecule has 0 spiro atoms. The van der Waals surface area contributed by atoms with Crippen LogP contribution in [0.25, 0.3) is 0 Å². The molecule has 1 aromatic carbocycles. The van der Waals surface area contributed by atoms with Crippen molar-refractivity contribution < 1.29 is 0 Å². The minimum absolute atomic E-state index is 0.220. The van der Waals surface area contributed by atoms with E-state index in [4.69, 9.17) is 48.9 Å². The van der Waals surface area contributed by atoms with Gasteiger partial charge in [0.15, 0.2) is 10.2 Å². The van der Waals surface area contributed by atoms with E-state index in [-0.39, 0.29) is 10.2 Å². The molecule has 18 heteroatoms. The molecule has 0 aromatic heterocycles. The summed E-state index contributed by atoms with van der Waals surface area (Å²) in [6.45, 7) is 7.13. The summed E-state index contributed by atoms with van der Waals surface area (Å²) in [7, 11) is 3.40. The Labute approximate surface area is 254 Å². The van der Waals surface area contributed by atoms with Gasteiger partial charge in [-0.2, -0.15) is 30.6 Å². The first kappa shape index (κ1) is 34.0. The van der Waals surface area contributed by atoms with E-state index >= 15 is 0 Å². The van der Waals surface area contributed by atoms with Gasteiger partial charge in [0.25, 0.3) is 0 Å². The molecule has 0 heterocycles. The molecule has 0 saturated heterocycles. The number of hydrazone groups is 6. The van der Waals surface area contributed by atoms with E-state index in [9.17, 15) is 0 Å². The molecule has 0 saturated carbocycles. The maximum Gasteiger partial charge on any atom is 0.207 e. The topological polar surface area (TPSA) is 170 Å². The third-order valence-corrected chi connectivity index (χ3v) is 5.45. The number of nitrogens with one attached hydrogen (secondary N) is 8. The number of rotatable bonds is 10. The van der Waals surface area contributed by atoms with Crippen LogP contribution in [0, 0.1) is 0 Å². The summed E-state index contributed by atoms with van der Waals surface area (Å²) in [5.41, 5.74) is 20.4. The van der Waals surface area contributed by atoms with Crippen molar-refractivity contribution in [1.82, 2.24) is 43.2 Å². The van der Waals surface area contributed by atoms with Crippen molar-refractivity contribution in [3.8, 4) is 0 Å². The maximum atomic E-state index is 5.17. The van der Waals surface area contributed by atoms with Gasteiger partial charge in [-0.3, -0.25) is 32.6 Å². The monoisotopic (exact) mass is 620 g/mol. The Hall–Kier alpha value is -4.00. The standard InChI is InChI=1S/C22H32N14S4/c1-13(27-33-19(37)23-5)15(3)29-35-21(39)31-25-11-17-7-9-18(10-8-17)12-26-32-22(40)36-30-16(4)14(2)28-34-20(38)24-6/h7-12H,1-6H3,(H2,23,33,37)(H2,24,34,38)(H2,31,35,39)(H2,32,36,40)/b25-11+,26-12+,27-13?,28-14?,29-15?,30-16?. The summed E-state index contributed by atoms with van der Waals surface area (Å²) < 4.78 is 0. The lowest BCUT2D eigenvalue weighted by molar-refractivity contribution is 0.929. The van der Waals surface area contributed by atoms with Crippen molar-refractivity contribution in [2.45, 2.75) is 27.7 Å². The molecular weight excluding hydrogens is 589 g/mol. The van der Waals surface area contributed by atoms with Crippen LogP contribution in [-0.2, 0) is 0 Å². The van der Waals surface area contributed by atoms with E-state index in [0.717, 1.165) is 11.1 Å². The predicted molar refractivity (Wildman–Crippen MR) is 181 cm³/mol. The van der Waals surface area contributed by atoms with E-state index in [1.807, 2.05) is 24.3 Å². The average Bonchev–Trinajstić information content (AvgIpc) is 2.96. The fourth-order valence-electron chi connectivity index (χ4n) is 2.02. The third-order valence-electron chi connectivity index (χ3n) is 4.50. The van der Waals surface area contributed by atoms with Gasteiger partial charge >= 0.3 is 0 Å². The molecule has 0 aliphatic carbocycles. The van der Waals surface area contributed by atoms with Gasteiger partial charge in [0.2, 0.25) is 10.2 Å². The second-order valence-corrected chi connectivity index (χ2v) is 9.09. The van der Waals surface area contributed by atoms with Crippen LogP contribution in [0.1, 0.15) is 38.8 Å². The van der Waals surface area contributed by atoms with Crippen molar-refractivity contribution in [3.63, 3.8) is 0 Å². The highest BCUT2D eigenvalue weighted by Crippen LogP contribution is 2.00. The zero-order valence-electron chi connectivity index (χ0n) is 22.8. The molecule has 0 atom stereocenters. The van der Waals surface area contributed by atoms with Gasteiger partial charge in [0.1, 0.15) is 0 Å². The Morgan fingerprint density at radius 1 is 0.500 bits per heavy atom. The van der Waals surface area contributed by atoms with Gasteiger partial charge in [0, 0.05) is 14.1 Å². The zero-order chi connectivity index (χ0) is 29.9. The van der Waals surface area contributed by atoms with E-state index in [0.29, 0.717) is 33.1 Å². The molecule has 0 radical (unpaired) electrons. The van der Waals surface area contributed by atoms with Crippen LogP contribution in [0.2, 0.25) is 0 Å². The lowest BCUT2D eigenvalue weighted by atomic mass is 10.2. The highest BCUT2D eigenvalue weighted by Gasteiger charge is 2.00. The maximum absolute atomic E-state index is 5.17. The van der Waals surface area contributed by atoms with Gasteiger partial charge in [-0.1, -0.05) is 24.3 Å². The van der Waals surface area contributed by atoms with E-state index in [2.05, 4.69) is 73.8 Å². The summed E-state index contributed by atoms with van der Waals surface area (Å²) in [4.78, 5) is 0. The molecule has 1 aromatic rings. The van der Waals surface area contributed by atoms with Crippen LogP contribution >= 0.6 is 48.9 Å². The van der Waals surface area contributed by atoms with Gasteiger partial charge in [-0.05, 0) is 87.7 Å². The molecule has 40 heavy (non-hydrogen) atoms. The molecule has 0 bridgehead atoms. The second kappa shape index (κ2) is 19.1. The number of hydrogen-bond donors (Lipinski definition) is 8. The fourth-order valence-corrected chi connectivity index (χ4v) is 2.31. The summed E-state index contributed by atoms with van der Waals surface area (Å²) >= 11 is 20.3. The Kier molecular flexibility index (Phi) is 16.3. The van der Waals surface area contributed by atoms with Gasteiger partial charge < -0.3 is 10.6 Å². The van der Waals surface area contributed by atoms with Gasteiger partial charge in [-0.25, -0.2) is 0 Å². The van der Waals surface area contributed by atoms with Gasteiger partial charge in [-0.15, -0.1) is 0 Å². The van der Waals surface area contributed by atoms with Crippen molar-refractivity contribution in [1.29, 1.82) is 0 Å². The minimum atomic E-state index is 0.220. The number of nitrogens with zero attached hydrogens (tertiary/aromatic N) is 6. The molecular formula is C22H32N14S4. The van der Waals surface area contributed by atoms with Crippen LogP contribution in [0.3, 0.4) is 0 Å². The number of thiocarbonyl (C=S) groups is 4. The Bertz CT molecular complexity index is 1140. The first-order chi connectivity index (χ1) is 19.0. The smallest absolute Gasteiger partial charge is 0.207 e. The van der Waals surface area contributed by atoms with Crippen molar-refractivity contribution in [2.24, 2.45) is 30.6 Å². The normalized spacial score (nSPS) is 12.6. The Morgan fingerprint density at radius 3 is 1.05 bits per heavy atom. The second-order valence-electron chi connectivity index (χ2n) is 7.46. The largest absolute Gasteiger partial charge is 0.364 e. The molecule has 0 unspecified atom stereocenters.